The normalized spacial score (nSPS) is 14.1. The number of aryl methyl sites for hydroxylation is 1. The van der Waals surface area contributed by atoms with Crippen molar-refractivity contribution in [3.8, 4) is 0 Å². The second-order valence-electron chi connectivity index (χ2n) is 4.57. The molecule has 4 heteroatoms. The third kappa shape index (κ3) is 3.53. The van der Waals surface area contributed by atoms with Gasteiger partial charge in [0.05, 0.1) is 17.7 Å². The van der Waals surface area contributed by atoms with Crippen molar-refractivity contribution in [3.05, 3.63) is 29.6 Å². The van der Waals surface area contributed by atoms with Gasteiger partial charge >= 0.3 is 0 Å². The fourth-order valence-corrected chi connectivity index (χ4v) is 1.48. The van der Waals surface area contributed by atoms with Gasteiger partial charge in [-0.1, -0.05) is 13.0 Å². The molecule has 0 saturated heterocycles. The molecule has 3 N–H and O–H groups in total. The average molecular weight is 235 g/mol. The lowest BCUT2D eigenvalue weighted by Crippen LogP contribution is -2.43. The fraction of sp³-hybridized carbons (Fsp3) is 0.538. The summed E-state index contributed by atoms with van der Waals surface area (Å²) in [6, 6.07) is 5.77. The highest BCUT2D eigenvalue weighted by Gasteiger charge is 2.29. The Kier molecular flexibility index (Phi) is 4.63. The fourth-order valence-electron chi connectivity index (χ4n) is 1.48. The summed E-state index contributed by atoms with van der Waals surface area (Å²) in [5.74, 6) is -0.00851. The van der Waals surface area contributed by atoms with Crippen LogP contribution in [0.3, 0.4) is 0 Å². The minimum absolute atomic E-state index is 0.00851. The topological polar surface area (TPSA) is 68.0 Å². The molecule has 0 aliphatic heterocycles. The van der Waals surface area contributed by atoms with E-state index >= 15 is 0 Å². The standard InChI is InChI=1S/C13H21N3O/c1-4-13(3,9-14)12(17)15-8-11-7-5-6-10(2)16-11/h5-7H,4,8-9,14H2,1-3H3,(H,15,17). The third-order valence-corrected chi connectivity index (χ3v) is 3.16. The molecule has 1 rings (SSSR count). The van der Waals surface area contributed by atoms with Crippen LogP contribution in [0, 0.1) is 12.3 Å². The smallest absolute Gasteiger partial charge is 0.227 e. The van der Waals surface area contributed by atoms with Crippen molar-refractivity contribution in [2.24, 2.45) is 11.1 Å². The van der Waals surface area contributed by atoms with E-state index in [4.69, 9.17) is 5.73 Å². The number of pyridine rings is 1. The molecular formula is C13H21N3O. The summed E-state index contributed by atoms with van der Waals surface area (Å²) in [5.41, 5.74) is 6.97. The van der Waals surface area contributed by atoms with E-state index in [2.05, 4.69) is 10.3 Å². The van der Waals surface area contributed by atoms with Gasteiger partial charge in [-0.05, 0) is 32.4 Å². The molecular weight excluding hydrogens is 214 g/mol. The van der Waals surface area contributed by atoms with Gasteiger partial charge in [-0.15, -0.1) is 0 Å². The molecule has 1 aromatic heterocycles. The van der Waals surface area contributed by atoms with Crippen LogP contribution in [0.25, 0.3) is 0 Å². The number of amides is 1. The predicted octanol–water partition coefficient (Wildman–Crippen LogP) is 1.38. The first kappa shape index (κ1) is 13.6. The highest BCUT2D eigenvalue weighted by atomic mass is 16.2. The minimum Gasteiger partial charge on any atom is -0.350 e. The second kappa shape index (κ2) is 5.77. The number of nitrogens with zero attached hydrogens (tertiary/aromatic N) is 1. The van der Waals surface area contributed by atoms with Gasteiger partial charge in [0.1, 0.15) is 0 Å². The molecule has 17 heavy (non-hydrogen) atoms. The number of hydrogen-bond donors (Lipinski definition) is 2. The first-order valence-corrected chi connectivity index (χ1v) is 5.92. The van der Waals surface area contributed by atoms with Gasteiger partial charge in [0, 0.05) is 12.2 Å². The summed E-state index contributed by atoms with van der Waals surface area (Å²) >= 11 is 0. The quantitative estimate of drug-likeness (QED) is 0.810. The van der Waals surface area contributed by atoms with Crippen molar-refractivity contribution in [1.29, 1.82) is 0 Å². The molecule has 0 bridgehead atoms. The number of hydrogen-bond acceptors (Lipinski definition) is 3. The maximum absolute atomic E-state index is 12.0. The van der Waals surface area contributed by atoms with Gasteiger partial charge in [0.25, 0.3) is 0 Å². The Balaban J connectivity index is 2.59. The lowest BCUT2D eigenvalue weighted by atomic mass is 9.87. The summed E-state index contributed by atoms with van der Waals surface area (Å²) in [4.78, 5) is 16.3. The number of rotatable bonds is 5. The number of aromatic nitrogens is 1. The van der Waals surface area contributed by atoms with E-state index in [1.165, 1.54) is 0 Å². The minimum atomic E-state index is -0.482. The Hall–Kier alpha value is -1.42. The van der Waals surface area contributed by atoms with E-state index in [9.17, 15) is 4.79 Å². The summed E-state index contributed by atoms with van der Waals surface area (Å²) < 4.78 is 0. The van der Waals surface area contributed by atoms with Gasteiger partial charge in [0.15, 0.2) is 0 Å². The van der Waals surface area contributed by atoms with E-state index in [0.29, 0.717) is 13.1 Å². The molecule has 0 saturated carbocycles. The van der Waals surface area contributed by atoms with Crippen LogP contribution in [-0.4, -0.2) is 17.4 Å². The molecule has 0 aliphatic rings. The predicted molar refractivity (Wildman–Crippen MR) is 68.3 cm³/mol. The zero-order valence-electron chi connectivity index (χ0n) is 10.8. The number of nitrogens with two attached hydrogens (primary N) is 1. The van der Waals surface area contributed by atoms with Crippen molar-refractivity contribution >= 4 is 5.91 Å². The van der Waals surface area contributed by atoms with Crippen molar-refractivity contribution < 1.29 is 4.79 Å². The van der Waals surface area contributed by atoms with Crippen LogP contribution in [0.4, 0.5) is 0 Å². The molecule has 0 spiro atoms. The van der Waals surface area contributed by atoms with Crippen LogP contribution >= 0.6 is 0 Å². The van der Waals surface area contributed by atoms with Crippen LogP contribution in [0.2, 0.25) is 0 Å². The van der Waals surface area contributed by atoms with Crippen LogP contribution in [0.5, 0.6) is 0 Å². The maximum Gasteiger partial charge on any atom is 0.227 e. The van der Waals surface area contributed by atoms with Crippen molar-refractivity contribution in [2.75, 3.05) is 6.54 Å². The molecule has 1 aromatic rings. The van der Waals surface area contributed by atoms with Gasteiger partial charge in [0.2, 0.25) is 5.91 Å². The number of nitrogens with one attached hydrogen (secondary N) is 1. The largest absolute Gasteiger partial charge is 0.350 e. The van der Waals surface area contributed by atoms with Gasteiger partial charge in [-0.25, -0.2) is 0 Å². The van der Waals surface area contributed by atoms with E-state index in [0.717, 1.165) is 17.8 Å². The molecule has 0 fully saturated rings. The Morgan fingerprint density at radius 3 is 2.76 bits per heavy atom. The Morgan fingerprint density at radius 2 is 2.24 bits per heavy atom. The molecule has 1 unspecified atom stereocenters. The van der Waals surface area contributed by atoms with E-state index in [1.807, 2.05) is 39.0 Å². The molecule has 0 aromatic carbocycles. The average Bonchev–Trinajstić information content (AvgIpc) is 2.35. The number of carbonyl (C=O) groups is 1. The van der Waals surface area contributed by atoms with E-state index in [-0.39, 0.29) is 5.91 Å². The Morgan fingerprint density at radius 1 is 1.53 bits per heavy atom. The SMILES string of the molecule is CCC(C)(CN)C(=O)NCc1cccc(C)n1. The third-order valence-electron chi connectivity index (χ3n) is 3.16. The molecule has 1 amide bonds. The second-order valence-corrected chi connectivity index (χ2v) is 4.57. The Labute approximate surface area is 103 Å². The summed E-state index contributed by atoms with van der Waals surface area (Å²) in [5, 5.41) is 2.89. The first-order chi connectivity index (χ1) is 8.01. The lowest BCUT2D eigenvalue weighted by molar-refractivity contribution is -0.130. The molecule has 1 heterocycles. The molecule has 0 radical (unpaired) electrons. The van der Waals surface area contributed by atoms with Crippen molar-refractivity contribution in [3.63, 3.8) is 0 Å². The van der Waals surface area contributed by atoms with Crippen LogP contribution in [0.1, 0.15) is 31.7 Å². The highest BCUT2D eigenvalue weighted by Crippen LogP contribution is 2.19. The highest BCUT2D eigenvalue weighted by molar-refractivity contribution is 5.82. The van der Waals surface area contributed by atoms with Crippen LogP contribution < -0.4 is 11.1 Å². The zero-order valence-corrected chi connectivity index (χ0v) is 10.8. The van der Waals surface area contributed by atoms with E-state index < -0.39 is 5.41 Å². The van der Waals surface area contributed by atoms with Gasteiger partial charge in [-0.3, -0.25) is 9.78 Å². The Bertz CT molecular complexity index is 386. The molecule has 94 valence electrons. The van der Waals surface area contributed by atoms with Gasteiger partial charge < -0.3 is 11.1 Å². The van der Waals surface area contributed by atoms with Crippen LogP contribution in [-0.2, 0) is 11.3 Å². The zero-order chi connectivity index (χ0) is 12.9. The molecule has 0 aliphatic carbocycles. The molecule has 1 atom stereocenters. The lowest BCUT2D eigenvalue weighted by Gasteiger charge is -2.24. The monoisotopic (exact) mass is 235 g/mol. The van der Waals surface area contributed by atoms with Crippen LogP contribution in [0.15, 0.2) is 18.2 Å². The first-order valence-electron chi connectivity index (χ1n) is 5.92. The number of carbonyl (C=O) groups excluding carboxylic acids is 1. The van der Waals surface area contributed by atoms with E-state index in [1.54, 1.807) is 0 Å². The van der Waals surface area contributed by atoms with Crippen molar-refractivity contribution in [2.45, 2.75) is 33.7 Å². The molecule has 4 nitrogen and oxygen atoms in total. The summed E-state index contributed by atoms with van der Waals surface area (Å²) in [6.45, 7) is 6.59. The van der Waals surface area contributed by atoms with Gasteiger partial charge in [-0.2, -0.15) is 0 Å². The summed E-state index contributed by atoms with van der Waals surface area (Å²) in [6.07, 6.45) is 0.733. The summed E-state index contributed by atoms with van der Waals surface area (Å²) in [7, 11) is 0. The van der Waals surface area contributed by atoms with Crippen molar-refractivity contribution in [1.82, 2.24) is 10.3 Å². The maximum atomic E-state index is 12.0.